The first kappa shape index (κ1) is 26.7. The quantitative estimate of drug-likeness (QED) is 0.225. The van der Waals surface area contributed by atoms with E-state index in [0.29, 0.717) is 6.42 Å². The van der Waals surface area contributed by atoms with Gasteiger partial charge in [0.25, 0.3) is 0 Å². The van der Waals surface area contributed by atoms with Gasteiger partial charge >= 0.3 is 0 Å². The molecular weight excluding hydrogens is 457 g/mol. The fourth-order valence-electron chi connectivity index (χ4n) is 3.67. The van der Waals surface area contributed by atoms with Gasteiger partial charge in [0.2, 0.25) is 0 Å². The molecule has 0 radical (unpaired) electrons. The van der Waals surface area contributed by atoms with E-state index in [2.05, 4.69) is 18.5 Å². The molecule has 0 spiro atoms. The first-order chi connectivity index (χ1) is 17.4. The maximum absolute atomic E-state index is 14.7. The van der Waals surface area contributed by atoms with Crippen LogP contribution in [0, 0.1) is 17.5 Å². The molecule has 0 aromatic heterocycles. The Bertz CT molecular complexity index is 1300. The number of allylic oxidation sites excluding steroid dienone is 1. The van der Waals surface area contributed by atoms with Crippen molar-refractivity contribution in [1.29, 1.82) is 0 Å². The van der Waals surface area contributed by atoms with Gasteiger partial charge in [-0.05, 0) is 65.4 Å². The molecule has 2 nitrogen and oxygen atoms in total. The highest BCUT2D eigenvalue weighted by Crippen LogP contribution is 2.26. The van der Waals surface area contributed by atoms with Crippen LogP contribution in [-0.2, 0) is 6.42 Å². The van der Waals surface area contributed by atoms with Crippen LogP contribution in [0.25, 0.3) is 29.0 Å². The lowest BCUT2D eigenvalue weighted by atomic mass is 10.00. The molecule has 0 atom stereocenters. The van der Waals surface area contributed by atoms with Gasteiger partial charge in [0.15, 0.2) is 11.6 Å². The molecule has 0 saturated heterocycles. The zero-order chi connectivity index (χ0) is 26.1. The minimum atomic E-state index is -1.01. The van der Waals surface area contributed by atoms with Crippen molar-refractivity contribution in [3.8, 4) is 11.1 Å². The highest BCUT2D eigenvalue weighted by Gasteiger charge is 2.14. The Labute approximate surface area is 211 Å². The number of nitrogens with two attached hydrogens (primary N) is 1. The van der Waals surface area contributed by atoms with Crippen molar-refractivity contribution < 1.29 is 13.2 Å². The summed E-state index contributed by atoms with van der Waals surface area (Å²) in [5, 5.41) is 0. The molecule has 0 aliphatic rings. The van der Waals surface area contributed by atoms with Crippen LogP contribution in [0.2, 0.25) is 0 Å². The van der Waals surface area contributed by atoms with Crippen molar-refractivity contribution >= 4 is 24.1 Å². The first-order valence-corrected chi connectivity index (χ1v) is 12.1. The lowest BCUT2D eigenvalue weighted by molar-refractivity contribution is 0.504. The van der Waals surface area contributed by atoms with E-state index < -0.39 is 11.6 Å². The molecule has 186 valence electrons. The van der Waals surface area contributed by atoms with Gasteiger partial charge in [0.05, 0.1) is 5.70 Å². The Morgan fingerprint density at radius 3 is 2.28 bits per heavy atom. The van der Waals surface area contributed by atoms with Crippen LogP contribution in [0.1, 0.15) is 55.4 Å². The fourth-order valence-corrected chi connectivity index (χ4v) is 3.67. The zero-order valence-electron chi connectivity index (χ0n) is 20.7. The molecule has 2 N–H and O–H groups in total. The molecule has 0 aliphatic heterocycles. The van der Waals surface area contributed by atoms with E-state index >= 15 is 0 Å². The number of unbranched alkanes of at least 4 members (excludes halogenated alkanes) is 1. The molecule has 0 saturated carbocycles. The summed E-state index contributed by atoms with van der Waals surface area (Å²) in [5.41, 5.74) is 9.67. The van der Waals surface area contributed by atoms with Gasteiger partial charge in [-0.2, -0.15) is 0 Å². The van der Waals surface area contributed by atoms with Crippen LogP contribution in [0.5, 0.6) is 0 Å². The van der Waals surface area contributed by atoms with Crippen molar-refractivity contribution in [2.24, 2.45) is 10.7 Å². The van der Waals surface area contributed by atoms with Gasteiger partial charge < -0.3 is 5.73 Å². The topological polar surface area (TPSA) is 38.4 Å². The average molecular weight is 489 g/mol. The molecular formula is C31H31F3N2. The summed E-state index contributed by atoms with van der Waals surface area (Å²) in [6, 6.07) is 15.7. The minimum absolute atomic E-state index is 0.00864. The van der Waals surface area contributed by atoms with Crippen LogP contribution in [0.4, 0.5) is 13.2 Å². The second-order valence-corrected chi connectivity index (χ2v) is 8.50. The summed E-state index contributed by atoms with van der Waals surface area (Å²) in [6.45, 7) is 7.73. The second kappa shape index (κ2) is 12.7. The van der Waals surface area contributed by atoms with Crippen molar-refractivity contribution in [1.82, 2.24) is 0 Å². The van der Waals surface area contributed by atoms with Crippen molar-refractivity contribution in [3.63, 3.8) is 0 Å². The van der Waals surface area contributed by atoms with E-state index in [1.165, 1.54) is 30.6 Å². The van der Waals surface area contributed by atoms with Crippen LogP contribution in [0.15, 0.2) is 77.9 Å². The Morgan fingerprint density at radius 2 is 1.64 bits per heavy atom. The molecule has 3 rings (SSSR count). The number of hydrogen-bond donors (Lipinski definition) is 1. The van der Waals surface area contributed by atoms with Gasteiger partial charge in [-0.1, -0.05) is 81.5 Å². The summed E-state index contributed by atoms with van der Waals surface area (Å²) < 4.78 is 43.8. The van der Waals surface area contributed by atoms with E-state index in [4.69, 9.17) is 5.73 Å². The SMILES string of the molecule is C=C(/N=C\C(=C/N)CC)c1ccc(/C=C/c2ccc(-c3ccc(CCCC)c(F)c3)cc2)c(F)c1F. The summed E-state index contributed by atoms with van der Waals surface area (Å²) >= 11 is 0. The van der Waals surface area contributed by atoms with Crippen LogP contribution in [-0.4, -0.2) is 6.21 Å². The predicted molar refractivity (Wildman–Crippen MR) is 146 cm³/mol. The van der Waals surface area contributed by atoms with Gasteiger partial charge in [-0.15, -0.1) is 0 Å². The minimum Gasteiger partial charge on any atom is -0.404 e. The number of rotatable bonds is 10. The standard InChI is InChI=1S/C31H31F3N2/c1-4-6-7-25-14-15-27(18-29(25)32)24-11-8-23(9-12-24)10-13-26-16-17-28(31(34)30(26)33)21(3)36-20-22(5-2)19-35/h8-20H,3-7,35H2,1-2H3/b13-10+,22-19-,36-20-. The Hall–Kier alpha value is -3.86. The molecule has 5 heteroatoms. The predicted octanol–water partition coefficient (Wildman–Crippen LogP) is 8.58. The third-order valence-electron chi connectivity index (χ3n) is 5.98. The van der Waals surface area contributed by atoms with Gasteiger partial charge in [-0.25, -0.2) is 13.2 Å². The second-order valence-electron chi connectivity index (χ2n) is 8.50. The van der Waals surface area contributed by atoms with Gasteiger partial charge in [-0.3, -0.25) is 4.99 Å². The maximum Gasteiger partial charge on any atom is 0.168 e. The van der Waals surface area contributed by atoms with Crippen molar-refractivity contribution in [3.05, 3.63) is 113 Å². The van der Waals surface area contributed by atoms with E-state index in [1.54, 1.807) is 12.1 Å². The van der Waals surface area contributed by atoms with Crippen LogP contribution >= 0.6 is 0 Å². The molecule has 36 heavy (non-hydrogen) atoms. The van der Waals surface area contributed by atoms with E-state index in [-0.39, 0.29) is 22.6 Å². The highest BCUT2D eigenvalue weighted by atomic mass is 19.2. The molecule has 0 amide bonds. The fraction of sp³-hybridized carbons (Fsp3) is 0.194. The van der Waals surface area contributed by atoms with E-state index in [1.807, 2.05) is 43.3 Å². The maximum atomic E-state index is 14.7. The molecule has 3 aromatic carbocycles. The third kappa shape index (κ3) is 6.63. The molecule has 3 aromatic rings. The molecule has 0 fully saturated rings. The lowest BCUT2D eigenvalue weighted by Gasteiger charge is -2.07. The smallest absolute Gasteiger partial charge is 0.168 e. The normalized spacial score (nSPS) is 12.1. The van der Waals surface area contributed by atoms with E-state index in [9.17, 15) is 13.2 Å². The monoisotopic (exact) mass is 488 g/mol. The Morgan fingerprint density at radius 1 is 0.917 bits per heavy atom. The Kier molecular flexibility index (Phi) is 9.46. The Balaban J connectivity index is 1.74. The summed E-state index contributed by atoms with van der Waals surface area (Å²) in [4.78, 5) is 4.10. The summed E-state index contributed by atoms with van der Waals surface area (Å²) in [5.74, 6) is -2.17. The van der Waals surface area contributed by atoms with Crippen LogP contribution in [0.3, 0.4) is 0 Å². The molecule has 0 bridgehead atoms. The highest BCUT2D eigenvalue weighted by molar-refractivity contribution is 5.84. The number of aliphatic imine (C=N–C) groups is 1. The van der Waals surface area contributed by atoms with Crippen molar-refractivity contribution in [2.45, 2.75) is 39.5 Å². The van der Waals surface area contributed by atoms with Crippen molar-refractivity contribution in [2.75, 3.05) is 0 Å². The first-order valence-electron chi connectivity index (χ1n) is 12.1. The van der Waals surface area contributed by atoms with Gasteiger partial charge in [0, 0.05) is 17.3 Å². The average Bonchev–Trinajstić information content (AvgIpc) is 2.89. The van der Waals surface area contributed by atoms with E-state index in [0.717, 1.165) is 47.1 Å². The largest absolute Gasteiger partial charge is 0.404 e. The number of hydrogen-bond acceptors (Lipinski definition) is 2. The zero-order valence-corrected chi connectivity index (χ0v) is 20.7. The lowest BCUT2D eigenvalue weighted by Crippen LogP contribution is -1.96. The summed E-state index contributed by atoms with van der Waals surface area (Å²) in [6.07, 6.45) is 9.49. The molecule has 0 unspecified atom stereocenters. The number of aryl methyl sites for hydroxylation is 1. The van der Waals surface area contributed by atoms with Gasteiger partial charge in [0.1, 0.15) is 5.82 Å². The number of nitrogens with zero attached hydrogens (tertiary/aromatic N) is 1. The molecule has 0 heterocycles. The number of halogens is 3. The third-order valence-corrected chi connectivity index (χ3v) is 5.98. The number of benzene rings is 3. The summed E-state index contributed by atoms with van der Waals surface area (Å²) in [7, 11) is 0. The van der Waals surface area contributed by atoms with Crippen LogP contribution < -0.4 is 5.73 Å². The molecule has 0 aliphatic carbocycles.